The summed E-state index contributed by atoms with van der Waals surface area (Å²) in [5.74, 6) is 0.235. The van der Waals surface area contributed by atoms with Gasteiger partial charge in [-0.1, -0.05) is 0 Å². The Morgan fingerprint density at radius 2 is 2.38 bits per heavy atom. The lowest BCUT2D eigenvalue weighted by Crippen LogP contribution is -2.43. The number of thioether (sulfide) groups is 1. The molecule has 0 radical (unpaired) electrons. The SMILES string of the molecule is COc1ccc2c(c1)C(=O)OC2SC(N)=[NH2+]. The maximum absolute atomic E-state index is 11.5. The van der Waals surface area contributed by atoms with E-state index in [0.29, 0.717) is 11.3 Å². The van der Waals surface area contributed by atoms with Gasteiger partial charge in [0.15, 0.2) is 5.44 Å². The van der Waals surface area contributed by atoms with Gasteiger partial charge in [-0.15, -0.1) is 0 Å². The van der Waals surface area contributed by atoms with Gasteiger partial charge in [-0.3, -0.25) is 11.1 Å². The van der Waals surface area contributed by atoms with Crippen molar-refractivity contribution in [2.24, 2.45) is 5.73 Å². The van der Waals surface area contributed by atoms with E-state index < -0.39 is 5.44 Å². The number of amidine groups is 1. The summed E-state index contributed by atoms with van der Waals surface area (Å²) in [5.41, 5.74) is 6.18. The number of nitrogens with two attached hydrogens (primary N) is 2. The molecule has 84 valence electrons. The van der Waals surface area contributed by atoms with Crippen LogP contribution in [0.15, 0.2) is 18.2 Å². The number of fused-ring (bicyclic) bond motifs is 1. The van der Waals surface area contributed by atoms with Crippen molar-refractivity contribution in [3.8, 4) is 5.75 Å². The summed E-state index contributed by atoms with van der Waals surface area (Å²) < 4.78 is 10.2. The maximum atomic E-state index is 11.5. The third-order valence-corrected chi connectivity index (χ3v) is 3.03. The first-order chi connectivity index (χ1) is 7.61. The number of hydrogen-bond acceptors (Lipinski definition) is 4. The molecule has 1 aliphatic rings. The number of hydrogen-bond donors (Lipinski definition) is 2. The number of carbonyl (C=O) groups excluding carboxylic acids is 1. The Morgan fingerprint density at radius 3 is 3.00 bits per heavy atom. The molecule has 0 aliphatic carbocycles. The third-order valence-electron chi connectivity index (χ3n) is 2.19. The normalized spacial score (nSPS) is 17.8. The van der Waals surface area contributed by atoms with Crippen LogP contribution in [0.1, 0.15) is 21.4 Å². The zero-order chi connectivity index (χ0) is 11.7. The maximum Gasteiger partial charge on any atom is 0.340 e. The minimum atomic E-state index is -0.460. The average Bonchev–Trinajstić information content (AvgIpc) is 2.54. The van der Waals surface area contributed by atoms with Crippen LogP contribution < -0.4 is 15.9 Å². The van der Waals surface area contributed by atoms with Gasteiger partial charge < -0.3 is 9.47 Å². The Labute approximate surface area is 96.4 Å². The summed E-state index contributed by atoms with van der Waals surface area (Å²) in [4.78, 5) is 11.5. The first-order valence-corrected chi connectivity index (χ1v) is 5.43. The number of methoxy groups -OCH3 is 1. The lowest BCUT2D eigenvalue weighted by molar-refractivity contribution is -0.110. The highest BCUT2D eigenvalue weighted by Gasteiger charge is 2.33. The van der Waals surface area contributed by atoms with Gasteiger partial charge in [0.25, 0.3) is 0 Å². The van der Waals surface area contributed by atoms with Gasteiger partial charge in [0, 0.05) is 17.3 Å². The topological polar surface area (TPSA) is 87.1 Å². The van der Waals surface area contributed by atoms with Gasteiger partial charge in [0.05, 0.1) is 12.7 Å². The van der Waals surface area contributed by atoms with Crippen molar-refractivity contribution >= 4 is 22.9 Å². The van der Waals surface area contributed by atoms with Crippen molar-refractivity contribution in [2.75, 3.05) is 7.11 Å². The zero-order valence-corrected chi connectivity index (χ0v) is 9.41. The van der Waals surface area contributed by atoms with Crippen molar-refractivity contribution in [1.82, 2.24) is 0 Å². The fourth-order valence-corrected chi connectivity index (χ4v) is 2.20. The molecule has 1 heterocycles. The molecule has 0 bridgehead atoms. The number of esters is 1. The van der Waals surface area contributed by atoms with Crippen LogP contribution >= 0.6 is 11.8 Å². The summed E-state index contributed by atoms with van der Waals surface area (Å²) >= 11 is 1.11. The highest BCUT2D eigenvalue weighted by molar-refractivity contribution is 8.13. The molecule has 0 spiro atoms. The number of carbonyl (C=O) groups is 1. The van der Waals surface area contributed by atoms with Crippen LogP contribution in [0.4, 0.5) is 0 Å². The van der Waals surface area contributed by atoms with E-state index in [4.69, 9.17) is 20.6 Å². The number of benzene rings is 1. The van der Waals surface area contributed by atoms with E-state index in [1.165, 1.54) is 0 Å². The molecule has 16 heavy (non-hydrogen) atoms. The molecule has 1 aromatic carbocycles. The van der Waals surface area contributed by atoms with Gasteiger partial charge in [-0.05, 0) is 18.2 Å². The van der Waals surface area contributed by atoms with Crippen LogP contribution in [0.5, 0.6) is 5.75 Å². The molecule has 0 amide bonds. The van der Waals surface area contributed by atoms with Crippen LogP contribution in [-0.2, 0) is 4.74 Å². The van der Waals surface area contributed by atoms with Gasteiger partial charge in [0.1, 0.15) is 5.75 Å². The quantitative estimate of drug-likeness (QED) is 0.419. The van der Waals surface area contributed by atoms with Crippen LogP contribution in [0, 0.1) is 0 Å². The molecular weight excluding hydrogens is 228 g/mol. The van der Waals surface area contributed by atoms with Crippen molar-refractivity contribution in [2.45, 2.75) is 5.44 Å². The van der Waals surface area contributed by atoms with Crippen LogP contribution in [0.3, 0.4) is 0 Å². The molecule has 6 heteroatoms. The molecule has 4 N–H and O–H groups in total. The molecule has 1 atom stereocenters. The summed E-state index contributed by atoms with van der Waals surface area (Å²) in [6, 6.07) is 5.19. The molecule has 1 unspecified atom stereocenters. The number of rotatable bonds is 2. The summed E-state index contributed by atoms with van der Waals surface area (Å²) in [6.07, 6.45) is 0. The Bertz CT molecular complexity index is 461. The first-order valence-electron chi connectivity index (χ1n) is 4.55. The van der Waals surface area contributed by atoms with Gasteiger partial charge in [0.2, 0.25) is 0 Å². The molecule has 0 saturated carbocycles. The molecule has 0 aromatic heterocycles. The molecule has 2 rings (SSSR count). The van der Waals surface area contributed by atoms with E-state index in [1.807, 2.05) is 0 Å². The lowest BCUT2D eigenvalue weighted by Gasteiger charge is -2.06. The largest absolute Gasteiger partial charge is 0.497 e. The summed E-state index contributed by atoms with van der Waals surface area (Å²) in [7, 11) is 1.54. The van der Waals surface area contributed by atoms with E-state index in [9.17, 15) is 4.79 Å². The van der Waals surface area contributed by atoms with Crippen molar-refractivity contribution in [3.63, 3.8) is 0 Å². The Balaban J connectivity index is 2.36. The van der Waals surface area contributed by atoms with Crippen LogP contribution in [0.2, 0.25) is 0 Å². The minimum absolute atomic E-state index is 0.168. The smallest absolute Gasteiger partial charge is 0.340 e. The van der Waals surface area contributed by atoms with Gasteiger partial charge in [-0.25, -0.2) is 4.79 Å². The molecule has 1 aromatic rings. The van der Waals surface area contributed by atoms with Crippen LogP contribution in [0.25, 0.3) is 0 Å². The Hall–Kier alpha value is -1.69. The second kappa shape index (κ2) is 4.05. The van der Waals surface area contributed by atoms with Gasteiger partial charge >= 0.3 is 11.1 Å². The minimum Gasteiger partial charge on any atom is -0.497 e. The third kappa shape index (κ3) is 1.83. The van der Waals surface area contributed by atoms with E-state index in [1.54, 1.807) is 25.3 Å². The molecular formula is C10H11N2O3S+. The Kier molecular flexibility index (Phi) is 2.74. The predicted molar refractivity (Wildman–Crippen MR) is 59.9 cm³/mol. The van der Waals surface area contributed by atoms with Crippen molar-refractivity contribution in [3.05, 3.63) is 29.3 Å². The molecule has 0 fully saturated rings. The number of ether oxygens (including phenoxy) is 2. The highest BCUT2D eigenvalue weighted by atomic mass is 32.2. The summed E-state index contributed by atoms with van der Waals surface area (Å²) in [6.45, 7) is 0. The van der Waals surface area contributed by atoms with E-state index in [2.05, 4.69) is 0 Å². The van der Waals surface area contributed by atoms with Crippen molar-refractivity contribution < 1.29 is 19.7 Å². The molecule has 0 saturated heterocycles. The predicted octanol–water partition coefficient (Wildman–Crippen LogP) is -0.329. The lowest BCUT2D eigenvalue weighted by atomic mass is 10.1. The fraction of sp³-hybridized carbons (Fsp3) is 0.200. The van der Waals surface area contributed by atoms with E-state index >= 15 is 0 Å². The van der Waals surface area contributed by atoms with Crippen molar-refractivity contribution in [1.29, 1.82) is 0 Å². The fourth-order valence-electron chi connectivity index (χ4n) is 1.48. The molecule has 1 aliphatic heterocycles. The second-order valence-electron chi connectivity index (χ2n) is 3.21. The first kappa shape index (κ1) is 10.8. The van der Waals surface area contributed by atoms with Gasteiger partial charge in [-0.2, -0.15) is 0 Å². The highest BCUT2D eigenvalue weighted by Crippen LogP contribution is 2.39. The second-order valence-corrected chi connectivity index (χ2v) is 4.35. The molecule has 5 nitrogen and oxygen atoms in total. The Morgan fingerprint density at radius 1 is 1.62 bits per heavy atom. The average molecular weight is 239 g/mol. The van der Waals surface area contributed by atoms with E-state index in [-0.39, 0.29) is 11.1 Å². The number of cyclic esters (lactones) is 1. The van der Waals surface area contributed by atoms with Crippen LogP contribution in [-0.4, -0.2) is 18.2 Å². The summed E-state index contributed by atoms with van der Waals surface area (Å²) in [5, 5.41) is 5.54. The zero-order valence-electron chi connectivity index (χ0n) is 8.60. The standard InChI is InChI=1S/C10H10N2O3S/c1-14-5-2-3-6-7(4-5)8(13)15-9(6)16-10(11)12/h2-4,9H,1H3,(H3,11,12)/p+1. The van der Waals surface area contributed by atoms with E-state index in [0.717, 1.165) is 17.3 Å². The monoisotopic (exact) mass is 239 g/mol.